The largest absolute Gasteiger partial charge is 0.323 e. The molecule has 2 rings (SSSR count). The summed E-state index contributed by atoms with van der Waals surface area (Å²) in [5, 5.41) is 3.29. The van der Waals surface area contributed by atoms with Crippen LogP contribution in [0.4, 0.5) is 10.1 Å². The highest BCUT2D eigenvalue weighted by Gasteiger charge is 2.15. The van der Waals surface area contributed by atoms with Crippen molar-refractivity contribution < 1.29 is 4.39 Å². The molecule has 0 radical (unpaired) electrons. The Morgan fingerprint density at radius 3 is 2.35 bits per heavy atom. The van der Waals surface area contributed by atoms with Crippen LogP contribution in [0, 0.1) is 5.82 Å². The van der Waals surface area contributed by atoms with Crippen molar-refractivity contribution in [2.24, 2.45) is 10.8 Å². The van der Waals surface area contributed by atoms with E-state index in [1.54, 1.807) is 0 Å². The summed E-state index contributed by atoms with van der Waals surface area (Å²) in [6.07, 6.45) is 5.67. The minimum absolute atomic E-state index is 0.182. The molecule has 0 saturated heterocycles. The lowest BCUT2D eigenvalue weighted by molar-refractivity contribution is 0.442. The Morgan fingerprint density at radius 2 is 1.80 bits per heavy atom. The van der Waals surface area contributed by atoms with Crippen LogP contribution in [-0.2, 0) is 0 Å². The third-order valence-electron chi connectivity index (χ3n) is 3.27. The predicted octanol–water partition coefficient (Wildman–Crippen LogP) is 3.70. The Hall–Kier alpha value is -1.04. The lowest BCUT2D eigenvalue weighted by atomic mass is 9.96. The number of hydrazine groups is 1. The Kier molecular flexibility index (Phi) is 5.46. The highest BCUT2D eigenvalue weighted by atomic mass is 35.5. The minimum atomic E-state index is -0.489. The third kappa shape index (κ3) is 3.98. The summed E-state index contributed by atoms with van der Waals surface area (Å²) in [7, 11) is 0. The molecular weight excluding hydrogens is 302 g/mol. The van der Waals surface area contributed by atoms with Crippen LogP contribution in [0.5, 0.6) is 0 Å². The number of guanidine groups is 1. The first-order valence-electron chi connectivity index (χ1n) is 6.56. The van der Waals surface area contributed by atoms with Crippen LogP contribution in [0.1, 0.15) is 32.1 Å². The van der Waals surface area contributed by atoms with E-state index in [4.69, 9.17) is 29.0 Å². The van der Waals surface area contributed by atoms with E-state index in [1.807, 2.05) is 0 Å². The van der Waals surface area contributed by atoms with Crippen molar-refractivity contribution in [2.45, 2.75) is 38.1 Å². The topological polar surface area (TPSA) is 62.4 Å². The molecule has 0 unspecified atom stereocenters. The van der Waals surface area contributed by atoms with Crippen molar-refractivity contribution in [3.63, 3.8) is 0 Å². The first kappa shape index (κ1) is 15.4. The first-order valence-corrected chi connectivity index (χ1v) is 7.31. The second-order valence-corrected chi connectivity index (χ2v) is 5.60. The molecule has 0 aliphatic heterocycles. The van der Waals surface area contributed by atoms with E-state index in [1.165, 1.54) is 31.4 Å². The summed E-state index contributed by atoms with van der Waals surface area (Å²) >= 11 is 11.9. The first-order chi connectivity index (χ1) is 9.60. The zero-order valence-corrected chi connectivity index (χ0v) is 12.4. The number of nitrogens with zero attached hydrogens (tertiary/aromatic N) is 1. The Labute approximate surface area is 127 Å². The van der Waals surface area contributed by atoms with Crippen LogP contribution in [-0.4, -0.2) is 12.0 Å². The van der Waals surface area contributed by atoms with Gasteiger partial charge in [-0.1, -0.05) is 42.5 Å². The number of anilines is 1. The van der Waals surface area contributed by atoms with Gasteiger partial charge < -0.3 is 5.32 Å². The lowest BCUT2D eigenvalue weighted by Crippen LogP contribution is -2.37. The maximum Gasteiger partial charge on any atom is 0.210 e. The summed E-state index contributed by atoms with van der Waals surface area (Å²) in [5.41, 5.74) is 2.89. The molecule has 1 aromatic carbocycles. The van der Waals surface area contributed by atoms with E-state index in [-0.39, 0.29) is 16.1 Å². The number of hydrogen-bond donors (Lipinski definition) is 3. The number of rotatable bonds is 2. The van der Waals surface area contributed by atoms with Crippen molar-refractivity contribution in [3.8, 4) is 0 Å². The minimum Gasteiger partial charge on any atom is -0.323 e. The van der Waals surface area contributed by atoms with Gasteiger partial charge >= 0.3 is 0 Å². The van der Waals surface area contributed by atoms with Gasteiger partial charge in [0.25, 0.3) is 0 Å². The monoisotopic (exact) mass is 318 g/mol. The number of nitrogens with one attached hydrogen (secondary N) is 2. The third-order valence-corrected chi connectivity index (χ3v) is 3.87. The fourth-order valence-corrected chi connectivity index (χ4v) is 2.83. The molecule has 1 fully saturated rings. The predicted molar refractivity (Wildman–Crippen MR) is 81.7 cm³/mol. The molecule has 1 aliphatic rings. The molecule has 1 aromatic rings. The Balaban J connectivity index is 2.15. The van der Waals surface area contributed by atoms with Crippen molar-refractivity contribution in [1.82, 2.24) is 5.43 Å². The number of halogens is 3. The van der Waals surface area contributed by atoms with E-state index in [0.717, 1.165) is 12.8 Å². The summed E-state index contributed by atoms with van der Waals surface area (Å²) in [5.74, 6) is 5.36. The molecule has 0 bridgehead atoms. The zero-order valence-electron chi connectivity index (χ0n) is 10.9. The molecule has 0 spiro atoms. The Morgan fingerprint density at radius 1 is 1.20 bits per heavy atom. The maximum absolute atomic E-state index is 13.1. The molecule has 7 heteroatoms. The molecule has 20 heavy (non-hydrogen) atoms. The summed E-state index contributed by atoms with van der Waals surface area (Å²) < 4.78 is 13.1. The zero-order chi connectivity index (χ0) is 14.5. The molecule has 0 amide bonds. The second kappa shape index (κ2) is 7.11. The van der Waals surface area contributed by atoms with Gasteiger partial charge in [0.05, 0.1) is 21.8 Å². The van der Waals surface area contributed by atoms with E-state index < -0.39 is 5.82 Å². The van der Waals surface area contributed by atoms with Gasteiger partial charge in [0, 0.05) is 0 Å². The van der Waals surface area contributed by atoms with Gasteiger partial charge in [-0.3, -0.25) is 5.43 Å². The SMILES string of the molecule is NNC(=NC1CCCCC1)Nc1c(Cl)cc(F)cc1Cl. The van der Waals surface area contributed by atoms with Crippen molar-refractivity contribution in [3.05, 3.63) is 28.0 Å². The standard InChI is InChI=1S/C13H17Cl2FN4/c14-10-6-8(16)7-11(15)12(10)19-13(20-17)18-9-4-2-1-3-5-9/h6-7,9H,1-5,17H2,(H2,18,19,20). The maximum atomic E-state index is 13.1. The smallest absolute Gasteiger partial charge is 0.210 e. The van der Waals surface area contributed by atoms with E-state index in [9.17, 15) is 4.39 Å². The van der Waals surface area contributed by atoms with Crippen LogP contribution in [0.15, 0.2) is 17.1 Å². The van der Waals surface area contributed by atoms with Gasteiger partial charge in [-0.25, -0.2) is 15.2 Å². The van der Waals surface area contributed by atoms with E-state index in [2.05, 4.69) is 15.7 Å². The quantitative estimate of drug-likeness (QED) is 0.337. The van der Waals surface area contributed by atoms with Crippen molar-refractivity contribution in [1.29, 1.82) is 0 Å². The normalized spacial score (nSPS) is 17.1. The molecule has 0 heterocycles. The highest BCUT2D eigenvalue weighted by Crippen LogP contribution is 2.31. The van der Waals surface area contributed by atoms with Crippen LogP contribution < -0.4 is 16.6 Å². The molecule has 4 N–H and O–H groups in total. The fraction of sp³-hybridized carbons (Fsp3) is 0.462. The molecule has 110 valence electrons. The number of aliphatic imine (C=N–C) groups is 1. The van der Waals surface area contributed by atoms with E-state index >= 15 is 0 Å². The molecule has 1 aliphatic carbocycles. The highest BCUT2D eigenvalue weighted by molar-refractivity contribution is 6.39. The number of nitrogens with two attached hydrogens (primary N) is 1. The Bertz CT molecular complexity index is 478. The van der Waals surface area contributed by atoms with Crippen LogP contribution >= 0.6 is 23.2 Å². The summed E-state index contributed by atoms with van der Waals surface area (Å²) in [6, 6.07) is 2.61. The van der Waals surface area contributed by atoms with Gasteiger partial charge in [-0.05, 0) is 25.0 Å². The number of hydrogen-bond acceptors (Lipinski definition) is 2. The summed E-state index contributed by atoms with van der Waals surface area (Å²) in [6.45, 7) is 0. The number of benzene rings is 1. The summed E-state index contributed by atoms with van der Waals surface area (Å²) in [4.78, 5) is 4.51. The molecule has 0 atom stereocenters. The molecule has 0 aromatic heterocycles. The van der Waals surface area contributed by atoms with Gasteiger partial charge in [0.2, 0.25) is 5.96 Å². The van der Waals surface area contributed by atoms with Crippen molar-refractivity contribution >= 4 is 34.8 Å². The van der Waals surface area contributed by atoms with Crippen LogP contribution in [0.3, 0.4) is 0 Å². The van der Waals surface area contributed by atoms with Gasteiger partial charge in [0.15, 0.2) is 0 Å². The average molecular weight is 319 g/mol. The van der Waals surface area contributed by atoms with Crippen molar-refractivity contribution in [2.75, 3.05) is 5.32 Å². The van der Waals surface area contributed by atoms with Crippen LogP contribution in [0.2, 0.25) is 10.0 Å². The van der Waals surface area contributed by atoms with E-state index in [0.29, 0.717) is 11.6 Å². The molecular formula is C13H17Cl2FN4. The fourth-order valence-electron chi connectivity index (χ4n) is 2.28. The lowest BCUT2D eigenvalue weighted by Gasteiger charge is -2.20. The van der Waals surface area contributed by atoms with Gasteiger partial charge in [-0.15, -0.1) is 0 Å². The van der Waals surface area contributed by atoms with Gasteiger partial charge in [0.1, 0.15) is 5.82 Å². The second-order valence-electron chi connectivity index (χ2n) is 4.78. The molecule has 1 saturated carbocycles. The van der Waals surface area contributed by atoms with Gasteiger partial charge in [-0.2, -0.15) is 0 Å². The molecule has 4 nitrogen and oxygen atoms in total. The average Bonchev–Trinajstić information content (AvgIpc) is 2.42. The van der Waals surface area contributed by atoms with Crippen LogP contribution in [0.25, 0.3) is 0 Å².